The van der Waals surface area contributed by atoms with Gasteiger partial charge in [-0.3, -0.25) is 0 Å². The molecule has 0 saturated heterocycles. The smallest absolute Gasteiger partial charge is 0.175 e. The van der Waals surface area contributed by atoms with Crippen molar-refractivity contribution in [2.45, 2.75) is 49.5 Å². The zero-order chi connectivity index (χ0) is 15.0. The van der Waals surface area contributed by atoms with Crippen LogP contribution in [-0.2, 0) is 9.84 Å². The predicted molar refractivity (Wildman–Crippen MR) is 81.2 cm³/mol. The molecule has 1 aliphatic carbocycles. The van der Waals surface area contributed by atoms with Crippen LogP contribution in [0.5, 0.6) is 5.75 Å². The van der Waals surface area contributed by atoms with Crippen LogP contribution in [0, 0.1) is 5.41 Å². The third kappa shape index (κ3) is 2.68. The van der Waals surface area contributed by atoms with Crippen molar-refractivity contribution in [3.05, 3.63) is 24.3 Å². The van der Waals surface area contributed by atoms with Gasteiger partial charge in [0.1, 0.15) is 11.9 Å². The van der Waals surface area contributed by atoms with Gasteiger partial charge in [-0.15, -0.1) is 11.6 Å². The van der Waals surface area contributed by atoms with Crippen LogP contribution in [0.1, 0.15) is 33.1 Å². The standard InChI is InChI=1S/C15H21ClO3S/c1-4-15(5-2)13(16)10-14(15)19-11-6-8-12(9-7-11)20(3,17)18/h6-9,13-14H,4-5,10H2,1-3H3. The highest BCUT2D eigenvalue weighted by Gasteiger charge is 2.53. The van der Waals surface area contributed by atoms with E-state index in [9.17, 15) is 8.42 Å². The Morgan fingerprint density at radius 1 is 1.25 bits per heavy atom. The molecule has 0 aromatic heterocycles. The largest absolute Gasteiger partial charge is 0.490 e. The van der Waals surface area contributed by atoms with Crippen LogP contribution in [-0.4, -0.2) is 26.2 Å². The molecule has 112 valence electrons. The number of halogens is 1. The summed E-state index contributed by atoms with van der Waals surface area (Å²) in [6, 6.07) is 6.60. The Hall–Kier alpha value is -0.740. The van der Waals surface area contributed by atoms with Gasteiger partial charge in [0.2, 0.25) is 0 Å². The van der Waals surface area contributed by atoms with Crippen LogP contribution in [0.25, 0.3) is 0 Å². The Balaban J connectivity index is 2.12. The van der Waals surface area contributed by atoms with Crippen LogP contribution in [0.4, 0.5) is 0 Å². The first-order chi connectivity index (χ1) is 9.33. The van der Waals surface area contributed by atoms with E-state index in [1.165, 1.54) is 6.26 Å². The average molecular weight is 317 g/mol. The molecule has 2 atom stereocenters. The van der Waals surface area contributed by atoms with Gasteiger partial charge in [-0.2, -0.15) is 0 Å². The first-order valence-electron chi connectivity index (χ1n) is 6.94. The number of rotatable bonds is 5. The number of benzene rings is 1. The maximum Gasteiger partial charge on any atom is 0.175 e. The Labute approximate surface area is 126 Å². The highest BCUT2D eigenvalue weighted by molar-refractivity contribution is 7.90. The van der Waals surface area contributed by atoms with E-state index >= 15 is 0 Å². The van der Waals surface area contributed by atoms with Crippen molar-refractivity contribution in [1.82, 2.24) is 0 Å². The number of hydrogen-bond acceptors (Lipinski definition) is 3. The highest BCUT2D eigenvalue weighted by Crippen LogP contribution is 2.51. The molecule has 5 heteroatoms. The summed E-state index contributed by atoms with van der Waals surface area (Å²) >= 11 is 6.36. The number of sulfone groups is 1. The van der Waals surface area contributed by atoms with Crippen LogP contribution >= 0.6 is 11.6 Å². The molecule has 1 aliphatic rings. The van der Waals surface area contributed by atoms with E-state index in [0.29, 0.717) is 10.6 Å². The van der Waals surface area contributed by atoms with Gasteiger partial charge in [0.05, 0.1) is 4.90 Å². The SMILES string of the molecule is CCC1(CC)C(Cl)CC1Oc1ccc(S(C)(=O)=O)cc1. The van der Waals surface area contributed by atoms with Crippen molar-refractivity contribution < 1.29 is 13.2 Å². The number of hydrogen-bond donors (Lipinski definition) is 0. The van der Waals surface area contributed by atoms with E-state index in [-0.39, 0.29) is 16.9 Å². The van der Waals surface area contributed by atoms with Crippen molar-refractivity contribution in [2.24, 2.45) is 5.41 Å². The molecule has 1 saturated carbocycles. The van der Waals surface area contributed by atoms with E-state index in [1.54, 1.807) is 24.3 Å². The fourth-order valence-electron chi connectivity index (χ4n) is 2.94. The minimum Gasteiger partial charge on any atom is -0.490 e. The van der Waals surface area contributed by atoms with Gasteiger partial charge in [0.25, 0.3) is 0 Å². The van der Waals surface area contributed by atoms with Crippen molar-refractivity contribution in [3.63, 3.8) is 0 Å². The van der Waals surface area contributed by atoms with Crippen LogP contribution in [0.15, 0.2) is 29.2 Å². The Morgan fingerprint density at radius 3 is 2.20 bits per heavy atom. The van der Waals surface area contributed by atoms with Gasteiger partial charge in [0.15, 0.2) is 9.84 Å². The van der Waals surface area contributed by atoms with Crippen LogP contribution < -0.4 is 4.74 Å². The summed E-state index contributed by atoms with van der Waals surface area (Å²) in [6.07, 6.45) is 4.14. The van der Waals surface area contributed by atoms with Gasteiger partial charge in [-0.1, -0.05) is 13.8 Å². The van der Waals surface area contributed by atoms with E-state index in [1.807, 2.05) is 0 Å². The molecule has 2 unspecified atom stereocenters. The molecule has 0 radical (unpaired) electrons. The maximum absolute atomic E-state index is 11.4. The van der Waals surface area contributed by atoms with Gasteiger partial charge < -0.3 is 4.74 Å². The predicted octanol–water partition coefficient (Wildman–Crippen LogP) is 3.66. The van der Waals surface area contributed by atoms with E-state index in [2.05, 4.69) is 13.8 Å². The minimum absolute atomic E-state index is 0.0387. The van der Waals surface area contributed by atoms with Crippen LogP contribution in [0.2, 0.25) is 0 Å². The molecule has 1 fully saturated rings. The van der Waals surface area contributed by atoms with Crippen molar-refractivity contribution >= 4 is 21.4 Å². The zero-order valence-electron chi connectivity index (χ0n) is 12.1. The lowest BCUT2D eigenvalue weighted by Gasteiger charge is -2.52. The summed E-state index contributed by atoms with van der Waals surface area (Å²) in [5.74, 6) is 0.706. The molecular weight excluding hydrogens is 296 g/mol. The van der Waals surface area contributed by atoms with Crippen molar-refractivity contribution in [1.29, 1.82) is 0 Å². The Kier molecular flexibility index (Phi) is 4.35. The summed E-state index contributed by atoms with van der Waals surface area (Å²) in [7, 11) is -3.16. The quantitative estimate of drug-likeness (QED) is 0.779. The fraction of sp³-hybridized carbons (Fsp3) is 0.600. The van der Waals surface area contributed by atoms with Gasteiger partial charge in [0, 0.05) is 23.5 Å². The number of alkyl halides is 1. The molecule has 0 spiro atoms. The summed E-state index contributed by atoms with van der Waals surface area (Å²) in [5, 5.41) is 0.165. The van der Waals surface area contributed by atoms with Crippen molar-refractivity contribution in [2.75, 3.05) is 6.26 Å². The van der Waals surface area contributed by atoms with Crippen LogP contribution in [0.3, 0.4) is 0 Å². The van der Waals surface area contributed by atoms with E-state index in [0.717, 1.165) is 19.3 Å². The second-order valence-electron chi connectivity index (χ2n) is 5.49. The van der Waals surface area contributed by atoms with Gasteiger partial charge in [-0.25, -0.2) is 8.42 Å². The van der Waals surface area contributed by atoms with Gasteiger partial charge >= 0.3 is 0 Å². The molecule has 0 amide bonds. The molecule has 1 aromatic rings. The first kappa shape index (κ1) is 15.6. The highest BCUT2D eigenvalue weighted by atomic mass is 35.5. The topological polar surface area (TPSA) is 43.4 Å². The minimum atomic E-state index is -3.16. The molecule has 0 heterocycles. The molecule has 0 N–H and O–H groups in total. The second kappa shape index (κ2) is 5.57. The van der Waals surface area contributed by atoms with Crippen molar-refractivity contribution in [3.8, 4) is 5.75 Å². The fourth-order valence-corrected chi connectivity index (χ4v) is 4.18. The monoisotopic (exact) mass is 316 g/mol. The summed E-state index contributed by atoms with van der Waals surface area (Å²) in [5.41, 5.74) is 0.0387. The number of ether oxygens (including phenoxy) is 1. The second-order valence-corrected chi connectivity index (χ2v) is 8.04. The third-order valence-electron chi connectivity index (χ3n) is 4.53. The molecule has 3 nitrogen and oxygen atoms in total. The lowest BCUT2D eigenvalue weighted by Crippen LogP contribution is -2.56. The summed E-state index contributed by atoms with van der Waals surface area (Å²) < 4.78 is 28.8. The summed E-state index contributed by atoms with van der Waals surface area (Å²) in [4.78, 5) is 0.311. The summed E-state index contributed by atoms with van der Waals surface area (Å²) in [6.45, 7) is 4.28. The molecule has 20 heavy (non-hydrogen) atoms. The Morgan fingerprint density at radius 2 is 1.80 bits per heavy atom. The molecule has 0 bridgehead atoms. The van der Waals surface area contributed by atoms with E-state index < -0.39 is 9.84 Å². The normalized spacial score (nSPS) is 25.0. The maximum atomic E-state index is 11.4. The first-order valence-corrected chi connectivity index (χ1v) is 9.27. The third-order valence-corrected chi connectivity index (χ3v) is 6.27. The average Bonchev–Trinajstić information content (AvgIpc) is 2.39. The lowest BCUT2D eigenvalue weighted by atomic mass is 9.62. The molecule has 0 aliphatic heterocycles. The van der Waals surface area contributed by atoms with E-state index in [4.69, 9.17) is 16.3 Å². The van der Waals surface area contributed by atoms with Gasteiger partial charge in [-0.05, 0) is 37.1 Å². The molecule has 2 rings (SSSR count). The zero-order valence-corrected chi connectivity index (χ0v) is 13.7. The molecule has 1 aromatic carbocycles. The Bertz CT molecular complexity index is 561. The lowest BCUT2D eigenvalue weighted by molar-refractivity contribution is -0.0462. The molecular formula is C15H21ClO3S.